The van der Waals surface area contributed by atoms with Crippen LogP contribution in [0.2, 0.25) is 0 Å². The summed E-state index contributed by atoms with van der Waals surface area (Å²) in [5.41, 5.74) is 6.66. The average molecular weight is 290 g/mol. The van der Waals surface area contributed by atoms with Gasteiger partial charge in [0.1, 0.15) is 5.75 Å². The number of ether oxygens (including phenoxy) is 1. The monoisotopic (exact) mass is 290 g/mol. The van der Waals surface area contributed by atoms with Crippen LogP contribution >= 0.6 is 0 Å². The van der Waals surface area contributed by atoms with Crippen LogP contribution in [0.15, 0.2) is 24.3 Å². The highest BCUT2D eigenvalue weighted by molar-refractivity contribution is 5.79. The first-order valence-electron chi connectivity index (χ1n) is 7.89. The highest BCUT2D eigenvalue weighted by atomic mass is 16.5. The lowest BCUT2D eigenvalue weighted by atomic mass is 9.98. The molecule has 0 spiro atoms. The molecule has 2 rings (SSSR count). The van der Waals surface area contributed by atoms with Gasteiger partial charge in [0, 0.05) is 12.5 Å². The fourth-order valence-electron chi connectivity index (χ4n) is 2.37. The maximum Gasteiger partial charge on any atom is 0.234 e. The highest BCUT2D eigenvalue weighted by Gasteiger charge is 2.27. The van der Waals surface area contributed by atoms with Gasteiger partial charge in [0.15, 0.2) is 0 Å². The molecule has 1 saturated carbocycles. The summed E-state index contributed by atoms with van der Waals surface area (Å²) in [7, 11) is 0. The van der Waals surface area contributed by atoms with Gasteiger partial charge in [-0.25, -0.2) is 0 Å². The van der Waals surface area contributed by atoms with Crippen molar-refractivity contribution < 1.29 is 9.53 Å². The third-order valence-corrected chi connectivity index (χ3v) is 4.08. The molecule has 0 heterocycles. The molecule has 2 atom stereocenters. The minimum Gasteiger partial charge on any atom is -0.493 e. The summed E-state index contributed by atoms with van der Waals surface area (Å²) in [4.78, 5) is 11.4. The van der Waals surface area contributed by atoms with E-state index in [4.69, 9.17) is 10.5 Å². The van der Waals surface area contributed by atoms with Gasteiger partial charge in [0.05, 0.1) is 12.6 Å². The molecule has 0 saturated heterocycles. The quantitative estimate of drug-likeness (QED) is 0.734. The molecule has 21 heavy (non-hydrogen) atoms. The second-order valence-corrected chi connectivity index (χ2v) is 5.88. The van der Waals surface area contributed by atoms with Crippen LogP contribution in [0.25, 0.3) is 0 Å². The van der Waals surface area contributed by atoms with Crippen molar-refractivity contribution in [2.45, 2.75) is 57.5 Å². The number of nitrogens with two attached hydrogens (primary N) is 1. The highest BCUT2D eigenvalue weighted by Crippen LogP contribution is 2.28. The van der Waals surface area contributed by atoms with Crippen LogP contribution in [0, 0.1) is 0 Å². The molecule has 116 valence electrons. The minimum absolute atomic E-state index is 0.284. The van der Waals surface area contributed by atoms with Crippen molar-refractivity contribution >= 4 is 5.91 Å². The van der Waals surface area contributed by atoms with Crippen LogP contribution < -0.4 is 15.8 Å². The Morgan fingerprint density at radius 2 is 2.14 bits per heavy atom. The number of amides is 1. The first kappa shape index (κ1) is 15.8. The lowest BCUT2D eigenvalue weighted by molar-refractivity contribution is -0.120. The van der Waals surface area contributed by atoms with Crippen LogP contribution in [-0.4, -0.2) is 24.6 Å². The zero-order chi connectivity index (χ0) is 15.2. The average Bonchev–Trinajstić information content (AvgIpc) is 3.29. The number of carbonyl (C=O) groups excluding carboxylic acids is 1. The number of para-hydroxylation sites is 1. The fourth-order valence-corrected chi connectivity index (χ4v) is 2.37. The number of hydrogen-bond donors (Lipinski definition) is 2. The van der Waals surface area contributed by atoms with Gasteiger partial charge in [-0.05, 0) is 36.8 Å². The van der Waals surface area contributed by atoms with E-state index < -0.39 is 0 Å². The summed E-state index contributed by atoms with van der Waals surface area (Å²) in [6.07, 6.45) is 3.97. The maximum absolute atomic E-state index is 11.4. The van der Waals surface area contributed by atoms with Gasteiger partial charge in [-0.15, -0.1) is 0 Å². The molecule has 4 nitrogen and oxygen atoms in total. The van der Waals surface area contributed by atoms with E-state index in [1.165, 1.54) is 5.56 Å². The zero-order valence-corrected chi connectivity index (χ0v) is 13.0. The van der Waals surface area contributed by atoms with Crippen LogP contribution in [0.1, 0.15) is 51.0 Å². The minimum atomic E-state index is -0.291. The summed E-state index contributed by atoms with van der Waals surface area (Å²) >= 11 is 0. The molecule has 1 amide bonds. The van der Waals surface area contributed by atoms with Crippen molar-refractivity contribution in [2.24, 2.45) is 5.73 Å². The van der Waals surface area contributed by atoms with Crippen LogP contribution in [0.4, 0.5) is 0 Å². The van der Waals surface area contributed by atoms with Gasteiger partial charge < -0.3 is 15.8 Å². The van der Waals surface area contributed by atoms with Gasteiger partial charge in [0.25, 0.3) is 0 Å². The third-order valence-electron chi connectivity index (χ3n) is 4.08. The van der Waals surface area contributed by atoms with Crippen molar-refractivity contribution in [3.63, 3.8) is 0 Å². The van der Waals surface area contributed by atoms with E-state index in [1.54, 1.807) is 0 Å². The van der Waals surface area contributed by atoms with Gasteiger partial charge in [-0.2, -0.15) is 0 Å². The topological polar surface area (TPSA) is 64.3 Å². The Kier molecular flexibility index (Phi) is 5.62. The molecule has 1 fully saturated rings. The molecule has 1 aromatic rings. The third kappa shape index (κ3) is 4.74. The van der Waals surface area contributed by atoms with E-state index in [0.29, 0.717) is 25.0 Å². The lowest BCUT2D eigenvalue weighted by Gasteiger charge is -2.18. The molecule has 1 aliphatic carbocycles. The normalized spacial score (nSPS) is 17.2. The van der Waals surface area contributed by atoms with E-state index >= 15 is 0 Å². The van der Waals surface area contributed by atoms with Gasteiger partial charge >= 0.3 is 0 Å². The van der Waals surface area contributed by atoms with Crippen molar-refractivity contribution in [3.8, 4) is 5.75 Å². The SMILES string of the molecule is CCC(C)c1ccccc1OCCC(NC1CC1)C(N)=O. The number of rotatable bonds is 9. The Labute approximate surface area is 127 Å². The van der Waals surface area contributed by atoms with Crippen molar-refractivity contribution in [1.29, 1.82) is 0 Å². The van der Waals surface area contributed by atoms with E-state index in [1.807, 2.05) is 18.2 Å². The Morgan fingerprint density at radius 3 is 2.76 bits per heavy atom. The maximum atomic E-state index is 11.4. The Bertz CT molecular complexity index is 472. The second-order valence-electron chi connectivity index (χ2n) is 5.88. The molecule has 0 bridgehead atoms. The van der Waals surface area contributed by atoms with Gasteiger partial charge in [0.2, 0.25) is 5.91 Å². The van der Waals surface area contributed by atoms with Gasteiger partial charge in [-0.3, -0.25) is 4.79 Å². The molecule has 0 radical (unpaired) electrons. The molecular weight excluding hydrogens is 264 g/mol. The first-order chi connectivity index (χ1) is 10.1. The van der Waals surface area contributed by atoms with Crippen LogP contribution in [0.5, 0.6) is 5.75 Å². The van der Waals surface area contributed by atoms with Crippen LogP contribution in [-0.2, 0) is 4.79 Å². The van der Waals surface area contributed by atoms with E-state index in [0.717, 1.165) is 25.0 Å². The predicted molar refractivity (Wildman–Crippen MR) is 84.4 cm³/mol. The smallest absolute Gasteiger partial charge is 0.234 e. The molecule has 1 aliphatic rings. The standard InChI is InChI=1S/C17H26N2O2/c1-3-12(2)14-6-4-5-7-16(14)21-11-10-15(17(18)20)19-13-8-9-13/h4-7,12-13,15,19H,3,8-11H2,1-2H3,(H2,18,20). The van der Waals surface area contributed by atoms with Gasteiger partial charge in [-0.1, -0.05) is 32.0 Å². The lowest BCUT2D eigenvalue weighted by Crippen LogP contribution is -2.43. The van der Waals surface area contributed by atoms with Crippen molar-refractivity contribution in [1.82, 2.24) is 5.32 Å². The summed E-state index contributed by atoms with van der Waals surface area (Å²) in [5, 5.41) is 3.27. The second kappa shape index (κ2) is 7.46. The number of carbonyl (C=O) groups is 1. The molecule has 3 N–H and O–H groups in total. The number of primary amides is 1. The van der Waals surface area contributed by atoms with Crippen molar-refractivity contribution in [2.75, 3.05) is 6.61 Å². The Hall–Kier alpha value is -1.55. The number of benzene rings is 1. The summed E-state index contributed by atoms with van der Waals surface area (Å²) in [5.74, 6) is 1.10. The fraction of sp³-hybridized carbons (Fsp3) is 0.588. The number of nitrogens with one attached hydrogen (secondary N) is 1. The van der Waals surface area contributed by atoms with E-state index in [2.05, 4.69) is 25.2 Å². The molecule has 0 aromatic heterocycles. The number of hydrogen-bond acceptors (Lipinski definition) is 3. The zero-order valence-electron chi connectivity index (χ0n) is 13.0. The molecular formula is C17H26N2O2. The first-order valence-corrected chi connectivity index (χ1v) is 7.89. The molecule has 1 aromatic carbocycles. The Morgan fingerprint density at radius 1 is 1.43 bits per heavy atom. The molecule has 2 unspecified atom stereocenters. The summed E-state index contributed by atoms with van der Waals surface area (Å²) in [6.45, 7) is 4.87. The predicted octanol–water partition coefficient (Wildman–Crippen LogP) is 2.57. The largest absolute Gasteiger partial charge is 0.493 e. The Balaban J connectivity index is 1.88. The van der Waals surface area contributed by atoms with Crippen molar-refractivity contribution in [3.05, 3.63) is 29.8 Å². The van der Waals surface area contributed by atoms with E-state index in [9.17, 15) is 4.79 Å². The molecule has 4 heteroatoms. The summed E-state index contributed by atoms with van der Waals surface area (Å²) < 4.78 is 5.89. The molecule has 0 aliphatic heterocycles. The van der Waals surface area contributed by atoms with E-state index in [-0.39, 0.29) is 11.9 Å². The van der Waals surface area contributed by atoms with Crippen LogP contribution in [0.3, 0.4) is 0 Å². The summed E-state index contributed by atoms with van der Waals surface area (Å²) in [6, 6.07) is 8.31.